The fraction of sp³-hybridized carbons (Fsp3) is 0.125. The summed E-state index contributed by atoms with van der Waals surface area (Å²) in [6.07, 6.45) is -2.90. The van der Waals surface area contributed by atoms with Crippen LogP contribution >= 0.6 is 0 Å². The van der Waals surface area contributed by atoms with E-state index < -0.39 is 11.7 Å². The Labute approximate surface area is 124 Å². The molecule has 0 fully saturated rings. The lowest BCUT2D eigenvalue weighted by molar-refractivity contribution is -0.137. The number of anilines is 1. The van der Waals surface area contributed by atoms with Crippen LogP contribution in [0.25, 0.3) is 11.0 Å². The molecule has 3 rings (SSSR count). The molecule has 2 aromatic carbocycles. The molecule has 0 aliphatic carbocycles. The minimum atomic E-state index is -4.39. The second-order valence-corrected chi connectivity index (χ2v) is 4.80. The molecule has 2 N–H and O–H groups in total. The van der Waals surface area contributed by atoms with E-state index >= 15 is 0 Å². The predicted molar refractivity (Wildman–Crippen MR) is 76.4 cm³/mol. The molecule has 0 saturated carbocycles. The van der Waals surface area contributed by atoms with Crippen LogP contribution in [-0.4, -0.2) is 0 Å². The van der Waals surface area contributed by atoms with E-state index in [0.717, 1.165) is 23.1 Å². The molecular weight excluding hydrogens is 295 g/mol. The average Bonchev–Trinajstić information content (AvgIpc) is 2.89. The van der Waals surface area contributed by atoms with Crippen LogP contribution in [-0.2, 0) is 12.8 Å². The van der Waals surface area contributed by atoms with E-state index in [1.54, 1.807) is 12.1 Å². The van der Waals surface area contributed by atoms with E-state index in [1.165, 1.54) is 18.4 Å². The molecule has 0 saturated heterocycles. The molecular formula is C16H12F3NO2. The van der Waals surface area contributed by atoms with Gasteiger partial charge in [-0.1, -0.05) is 18.2 Å². The van der Waals surface area contributed by atoms with Gasteiger partial charge >= 0.3 is 6.18 Å². The first kappa shape index (κ1) is 14.3. The van der Waals surface area contributed by atoms with E-state index in [0.29, 0.717) is 11.3 Å². The molecule has 0 aliphatic rings. The summed E-state index contributed by atoms with van der Waals surface area (Å²) in [7, 11) is 0. The second kappa shape index (κ2) is 5.29. The maximum Gasteiger partial charge on any atom is 0.416 e. The van der Waals surface area contributed by atoms with Gasteiger partial charge in [-0.05, 0) is 24.3 Å². The number of nitrogen functional groups attached to an aromatic ring is 1. The molecule has 3 aromatic rings. The summed E-state index contributed by atoms with van der Waals surface area (Å²) < 4.78 is 48.7. The fourth-order valence-corrected chi connectivity index (χ4v) is 2.17. The van der Waals surface area contributed by atoms with Crippen molar-refractivity contribution in [3.63, 3.8) is 0 Å². The first-order valence-electron chi connectivity index (χ1n) is 6.50. The van der Waals surface area contributed by atoms with Crippen LogP contribution in [0.5, 0.6) is 5.75 Å². The minimum Gasteiger partial charge on any atom is -0.489 e. The standard InChI is InChI=1S/C16H12F3NO2/c17-16(18,19)11-3-1-4-12(7-11)21-8-10-9-22-15-13(10)5-2-6-14(15)20/h1-7,9H,8,20H2. The van der Waals surface area contributed by atoms with Gasteiger partial charge < -0.3 is 14.9 Å². The molecule has 3 nitrogen and oxygen atoms in total. The third kappa shape index (κ3) is 2.72. The zero-order valence-corrected chi connectivity index (χ0v) is 11.4. The van der Waals surface area contributed by atoms with Crippen molar-refractivity contribution in [2.45, 2.75) is 12.8 Å². The van der Waals surface area contributed by atoms with Crippen molar-refractivity contribution in [1.29, 1.82) is 0 Å². The molecule has 114 valence electrons. The third-order valence-electron chi connectivity index (χ3n) is 3.27. The van der Waals surface area contributed by atoms with E-state index in [4.69, 9.17) is 14.9 Å². The van der Waals surface area contributed by atoms with Gasteiger partial charge in [-0.2, -0.15) is 13.2 Å². The van der Waals surface area contributed by atoms with Gasteiger partial charge in [0.2, 0.25) is 0 Å². The van der Waals surface area contributed by atoms with E-state index in [-0.39, 0.29) is 12.4 Å². The van der Waals surface area contributed by atoms with Crippen LogP contribution < -0.4 is 10.5 Å². The summed E-state index contributed by atoms with van der Waals surface area (Å²) in [4.78, 5) is 0. The number of hydrogen-bond acceptors (Lipinski definition) is 3. The number of nitrogens with two attached hydrogens (primary N) is 1. The smallest absolute Gasteiger partial charge is 0.416 e. The van der Waals surface area contributed by atoms with E-state index in [9.17, 15) is 13.2 Å². The quantitative estimate of drug-likeness (QED) is 0.719. The molecule has 1 aromatic heterocycles. The van der Waals surface area contributed by atoms with Crippen LogP contribution in [0.3, 0.4) is 0 Å². The van der Waals surface area contributed by atoms with Gasteiger partial charge in [-0.15, -0.1) is 0 Å². The maximum atomic E-state index is 12.6. The first-order chi connectivity index (χ1) is 10.4. The van der Waals surface area contributed by atoms with Crippen LogP contribution in [0, 0.1) is 0 Å². The number of furan rings is 1. The Morgan fingerprint density at radius 2 is 1.86 bits per heavy atom. The van der Waals surface area contributed by atoms with Gasteiger partial charge in [0.05, 0.1) is 17.5 Å². The van der Waals surface area contributed by atoms with Crippen molar-refractivity contribution in [3.05, 3.63) is 59.9 Å². The van der Waals surface area contributed by atoms with Gasteiger partial charge in [0, 0.05) is 10.9 Å². The van der Waals surface area contributed by atoms with Crippen molar-refractivity contribution in [1.82, 2.24) is 0 Å². The number of hydrogen-bond donors (Lipinski definition) is 1. The number of alkyl halides is 3. The SMILES string of the molecule is Nc1cccc2c(COc3cccc(C(F)(F)F)c3)coc12. The van der Waals surface area contributed by atoms with Crippen LogP contribution in [0.4, 0.5) is 18.9 Å². The summed E-state index contributed by atoms with van der Waals surface area (Å²) in [5.41, 5.74) is 6.81. The molecule has 0 unspecified atom stereocenters. The van der Waals surface area contributed by atoms with Crippen molar-refractivity contribution in [2.24, 2.45) is 0 Å². The number of benzene rings is 2. The second-order valence-electron chi connectivity index (χ2n) is 4.80. The van der Waals surface area contributed by atoms with Crippen molar-refractivity contribution in [3.8, 4) is 5.75 Å². The average molecular weight is 307 g/mol. The van der Waals surface area contributed by atoms with Crippen molar-refractivity contribution >= 4 is 16.7 Å². The summed E-state index contributed by atoms with van der Waals surface area (Å²) >= 11 is 0. The first-order valence-corrected chi connectivity index (χ1v) is 6.50. The Bertz CT molecular complexity index is 809. The van der Waals surface area contributed by atoms with Gasteiger partial charge in [0.1, 0.15) is 12.4 Å². The molecule has 0 atom stereocenters. The Morgan fingerprint density at radius 3 is 2.64 bits per heavy atom. The van der Waals surface area contributed by atoms with Gasteiger partial charge in [-0.3, -0.25) is 0 Å². The zero-order valence-electron chi connectivity index (χ0n) is 11.4. The molecule has 0 bridgehead atoms. The normalized spacial score (nSPS) is 11.8. The number of rotatable bonds is 3. The summed E-state index contributed by atoms with van der Waals surface area (Å²) in [6, 6.07) is 10.1. The van der Waals surface area contributed by atoms with E-state index in [2.05, 4.69) is 0 Å². The molecule has 6 heteroatoms. The van der Waals surface area contributed by atoms with Gasteiger partial charge in [0.15, 0.2) is 5.58 Å². The summed E-state index contributed by atoms with van der Waals surface area (Å²) in [6.45, 7) is 0.0950. The van der Waals surface area contributed by atoms with Gasteiger partial charge in [0.25, 0.3) is 0 Å². The number of ether oxygens (including phenoxy) is 1. The molecule has 22 heavy (non-hydrogen) atoms. The molecule has 0 aliphatic heterocycles. The largest absolute Gasteiger partial charge is 0.489 e. The number of para-hydroxylation sites is 1. The summed E-state index contributed by atoms with van der Waals surface area (Å²) in [5, 5.41) is 0.784. The molecule has 0 amide bonds. The zero-order chi connectivity index (χ0) is 15.7. The predicted octanol–water partition coefficient (Wildman–Crippen LogP) is 4.61. The highest BCUT2D eigenvalue weighted by atomic mass is 19.4. The third-order valence-corrected chi connectivity index (χ3v) is 3.27. The highest BCUT2D eigenvalue weighted by Crippen LogP contribution is 2.32. The topological polar surface area (TPSA) is 48.4 Å². The minimum absolute atomic E-state index is 0.0950. The lowest BCUT2D eigenvalue weighted by Gasteiger charge is -2.09. The van der Waals surface area contributed by atoms with E-state index in [1.807, 2.05) is 6.07 Å². The van der Waals surface area contributed by atoms with Crippen LogP contribution in [0.2, 0.25) is 0 Å². The van der Waals surface area contributed by atoms with Crippen molar-refractivity contribution < 1.29 is 22.3 Å². The lowest BCUT2D eigenvalue weighted by Crippen LogP contribution is -2.05. The number of fused-ring (bicyclic) bond motifs is 1. The Balaban J connectivity index is 1.81. The number of halogens is 3. The monoisotopic (exact) mass is 307 g/mol. The fourth-order valence-electron chi connectivity index (χ4n) is 2.17. The van der Waals surface area contributed by atoms with Crippen LogP contribution in [0.15, 0.2) is 53.1 Å². The van der Waals surface area contributed by atoms with Crippen molar-refractivity contribution in [2.75, 3.05) is 5.73 Å². The summed E-state index contributed by atoms with van der Waals surface area (Å²) in [5.74, 6) is 0.146. The Hall–Kier alpha value is -2.63. The Kier molecular flexibility index (Phi) is 3.44. The van der Waals surface area contributed by atoms with Crippen LogP contribution in [0.1, 0.15) is 11.1 Å². The Morgan fingerprint density at radius 1 is 1.09 bits per heavy atom. The maximum absolute atomic E-state index is 12.6. The molecule has 0 spiro atoms. The highest BCUT2D eigenvalue weighted by molar-refractivity contribution is 5.90. The highest BCUT2D eigenvalue weighted by Gasteiger charge is 2.30. The molecule has 1 heterocycles. The lowest BCUT2D eigenvalue weighted by atomic mass is 10.1. The van der Waals surface area contributed by atoms with Gasteiger partial charge in [-0.25, -0.2) is 0 Å². The molecule has 0 radical (unpaired) electrons.